The number of carbonyl (C=O) groups is 1. The van der Waals surface area contributed by atoms with Gasteiger partial charge >= 0.3 is 5.97 Å². The lowest BCUT2D eigenvalue weighted by atomic mass is 10.2. The molecule has 0 unspecified atom stereocenters. The van der Waals surface area contributed by atoms with Gasteiger partial charge in [-0.1, -0.05) is 22.0 Å². The van der Waals surface area contributed by atoms with Crippen molar-refractivity contribution in [2.45, 2.75) is 6.92 Å². The van der Waals surface area contributed by atoms with E-state index < -0.39 is 5.97 Å². The highest BCUT2D eigenvalue weighted by Crippen LogP contribution is 2.20. The number of hydrogen-bond acceptors (Lipinski definition) is 3. The van der Waals surface area contributed by atoms with Crippen LogP contribution in [0.1, 0.15) is 12.5 Å². The van der Waals surface area contributed by atoms with Gasteiger partial charge in [-0.25, -0.2) is 4.79 Å². The number of rotatable bonds is 4. The molecule has 1 aromatic carbocycles. The van der Waals surface area contributed by atoms with Gasteiger partial charge in [0.25, 0.3) is 0 Å². The van der Waals surface area contributed by atoms with Gasteiger partial charge in [0.05, 0.1) is 11.3 Å². The minimum atomic E-state index is -0.942. The first-order valence-corrected chi connectivity index (χ1v) is 5.67. The number of nitrogens with zero attached hydrogens (tertiary/aromatic N) is 1. The van der Waals surface area contributed by atoms with Crippen LogP contribution >= 0.6 is 15.9 Å². The highest BCUT2D eigenvalue weighted by molar-refractivity contribution is 9.10. The Labute approximate surface area is 108 Å². The molecule has 17 heavy (non-hydrogen) atoms. The topological polar surface area (TPSA) is 73.1 Å². The van der Waals surface area contributed by atoms with Crippen LogP contribution < -0.4 is 5.32 Å². The van der Waals surface area contributed by atoms with Crippen LogP contribution in [0.15, 0.2) is 34.3 Å². The van der Waals surface area contributed by atoms with Crippen LogP contribution in [-0.4, -0.2) is 17.6 Å². The molecular formula is C12H11BrN2O2. The standard InChI is InChI=1S/C12H11BrN2O2/c1-8(12(16)17)4-5-15-11-3-2-10(13)6-9(11)7-14/h2-4,6,15H,5H2,1H3,(H,16,17)/b8-4-. The van der Waals surface area contributed by atoms with E-state index in [1.54, 1.807) is 18.2 Å². The molecule has 0 fully saturated rings. The molecule has 4 nitrogen and oxygen atoms in total. The number of benzene rings is 1. The number of carboxylic acids is 1. The minimum absolute atomic E-state index is 0.271. The zero-order valence-electron chi connectivity index (χ0n) is 9.20. The summed E-state index contributed by atoms with van der Waals surface area (Å²) in [6, 6.07) is 7.36. The van der Waals surface area contributed by atoms with E-state index in [0.717, 1.165) is 4.47 Å². The second kappa shape index (κ2) is 6.06. The van der Waals surface area contributed by atoms with Crippen LogP contribution in [0.5, 0.6) is 0 Å². The van der Waals surface area contributed by atoms with Crippen molar-refractivity contribution in [3.05, 3.63) is 39.9 Å². The minimum Gasteiger partial charge on any atom is -0.478 e. The second-order valence-electron chi connectivity index (χ2n) is 3.37. The summed E-state index contributed by atoms with van der Waals surface area (Å²) in [7, 11) is 0. The third-order valence-corrected chi connectivity index (χ3v) is 2.63. The molecule has 1 aromatic rings. The first-order chi connectivity index (χ1) is 8.04. The van der Waals surface area contributed by atoms with Gasteiger partial charge in [0.15, 0.2) is 0 Å². The van der Waals surface area contributed by atoms with Gasteiger partial charge < -0.3 is 10.4 Å². The van der Waals surface area contributed by atoms with E-state index in [-0.39, 0.29) is 5.57 Å². The Kier molecular flexibility index (Phi) is 4.73. The number of nitrogens with one attached hydrogen (secondary N) is 1. The monoisotopic (exact) mass is 294 g/mol. The summed E-state index contributed by atoms with van der Waals surface area (Å²) < 4.78 is 0.830. The van der Waals surface area contributed by atoms with Crippen LogP contribution in [0.3, 0.4) is 0 Å². The summed E-state index contributed by atoms with van der Waals surface area (Å²) in [6.45, 7) is 1.89. The lowest BCUT2D eigenvalue weighted by Crippen LogP contribution is -2.04. The lowest BCUT2D eigenvalue weighted by Gasteiger charge is -2.06. The molecule has 0 saturated carbocycles. The molecule has 1 rings (SSSR count). The third-order valence-electron chi connectivity index (χ3n) is 2.14. The maximum Gasteiger partial charge on any atom is 0.331 e. The van der Waals surface area contributed by atoms with Crippen molar-refractivity contribution >= 4 is 27.6 Å². The van der Waals surface area contributed by atoms with E-state index in [4.69, 9.17) is 10.4 Å². The van der Waals surface area contributed by atoms with Gasteiger partial charge in [0, 0.05) is 16.6 Å². The van der Waals surface area contributed by atoms with Crippen LogP contribution in [0.25, 0.3) is 0 Å². The maximum absolute atomic E-state index is 10.6. The molecule has 88 valence electrons. The molecule has 0 aliphatic rings. The third kappa shape index (κ3) is 3.93. The molecule has 0 saturated heterocycles. The number of aliphatic carboxylic acids is 1. The summed E-state index contributed by atoms with van der Waals surface area (Å²) in [4.78, 5) is 10.6. The average molecular weight is 295 g/mol. The quantitative estimate of drug-likeness (QED) is 0.838. The summed E-state index contributed by atoms with van der Waals surface area (Å²) in [5.41, 5.74) is 1.47. The van der Waals surface area contributed by atoms with E-state index in [1.165, 1.54) is 6.92 Å². The van der Waals surface area contributed by atoms with Gasteiger partial charge in [0.1, 0.15) is 6.07 Å². The lowest BCUT2D eigenvalue weighted by molar-refractivity contribution is -0.132. The van der Waals surface area contributed by atoms with E-state index >= 15 is 0 Å². The van der Waals surface area contributed by atoms with E-state index in [2.05, 4.69) is 27.3 Å². The molecule has 0 bridgehead atoms. The van der Waals surface area contributed by atoms with Gasteiger partial charge in [-0.2, -0.15) is 5.26 Å². The molecule has 0 spiro atoms. The van der Waals surface area contributed by atoms with Crippen molar-refractivity contribution in [1.29, 1.82) is 5.26 Å². The predicted molar refractivity (Wildman–Crippen MR) is 68.7 cm³/mol. The Morgan fingerprint density at radius 3 is 2.94 bits per heavy atom. The van der Waals surface area contributed by atoms with Crippen LogP contribution in [0.4, 0.5) is 5.69 Å². The van der Waals surface area contributed by atoms with E-state index in [0.29, 0.717) is 17.8 Å². The smallest absolute Gasteiger partial charge is 0.331 e. The van der Waals surface area contributed by atoms with E-state index in [9.17, 15) is 4.79 Å². The molecular weight excluding hydrogens is 284 g/mol. The maximum atomic E-state index is 10.6. The average Bonchev–Trinajstić information content (AvgIpc) is 2.30. The van der Waals surface area contributed by atoms with E-state index in [1.807, 2.05) is 6.07 Å². The first kappa shape index (κ1) is 13.3. The normalized spacial score (nSPS) is 10.8. The van der Waals surface area contributed by atoms with Crippen molar-refractivity contribution in [3.8, 4) is 6.07 Å². The van der Waals surface area contributed by atoms with Gasteiger partial charge in [-0.3, -0.25) is 0 Å². The molecule has 0 heterocycles. The molecule has 0 radical (unpaired) electrons. The molecule has 0 aromatic heterocycles. The van der Waals surface area contributed by atoms with Crippen LogP contribution in [0.2, 0.25) is 0 Å². The first-order valence-electron chi connectivity index (χ1n) is 4.88. The summed E-state index contributed by atoms with van der Waals surface area (Å²) in [5, 5.41) is 20.6. The summed E-state index contributed by atoms with van der Waals surface area (Å²) >= 11 is 3.28. The van der Waals surface area contributed by atoms with Crippen molar-refractivity contribution in [2.24, 2.45) is 0 Å². The van der Waals surface area contributed by atoms with Crippen molar-refractivity contribution in [2.75, 3.05) is 11.9 Å². The highest BCUT2D eigenvalue weighted by Gasteiger charge is 2.02. The molecule has 0 aliphatic heterocycles. The Bertz CT molecular complexity index is 504. The van der Waals surface area contributed by atoms with Crippen molar-refractivity contribution < 1.29 is 9.90 Å². The Balaban J connectivity index is 2.74. The van der Waals surface area contributed by atoms with Gasteiger partial charge in [0.2, 0.25) is 0 Å². The van der Waals surface area contributed by atoms with Crippen LogP contribution in [-0.2, 0) is 4.79 Å². The fourth-order valence-electron chi connectivity index (χ4n) is 1.16. The molecule has 5 heteroatoms. The highest BCUT2D eigenvalue weighted by atomic mass is 79.9. The van der Waals surface area contributed by atoms with Gasteiger partial charge in [-0.05, 0) is 25.1 Å². The SMILES string of the molecule is C/C(=C/CNc1ccc(Br)cc1C#N)C(=O)O. The fraction of sp³-hybridized carbons (Fsp3) is 0.167. The van der Waals surface area contributed by atoms with Gasteiger partial charge in [-0.15, -0.1) is 0 Å². The molecule has 0 aliphatic carbocycles. The van der Waals surface area contributed by atoms with Crippen LogP contribution in [0, 0.1) is 11.3 Å². The second-order valence-corrected chi connectivity index (χ2v) is 4.29. The largest absolute Gasteiger partial charge is 0.478 e. The molecule has 2 N–H and O–H groups in total. The molecule has 0 amide bonds. The fourth-order valence-corrected chi connectivity index (χ4v) is 1.53. The number of hydrogen-bond donors (Lipinski definition) is 2. The predicted octanol–water partition coefficient (Wildman–Crippen LogP) is 2.76. The molecule has 0 atom stereocenters. The zero-order chi connectivity index (χ0) is 12.8. The number of halogens is 1. The Morgan fingerprint density at radius 1 is 1.65 bits per heavy atom. The number of carboxylic acid groups (broad SMARTS) is 1. The Hall–Kier alpha value is -1.80. The summed E-state index contributed by atoms with van der Waals surface area (Å²) in [5.74, 6) is -0.942. The summed E-state index contributed by atoms with van der Waals surface area (Å²) in [6.07, 6.45) is 1.56. The van der Waals surface area contributed by atoms with Crippen molar-refractivity contribution in [3.63, 3.8) is 0 Å². The zero-order valence-corrected chi connectivity index (χ0v) is 10.8. The Morgan fingerprint density at radius 2 is 2.35 bits per heavy atom. The number of anilines is 1. The van der Waals surface area contributed by atoms with Crippen molar-refractivity contribution in [1.82, 2.24) is 0 Å². The number of nitriles is 1.